The number of nitrogens with one attached hydrogen (secondary N) is 1. The first-order valence-electron chi connectivity index (χ1n) is 5.65. The molecule has 0 saturated carbocycles. The first-order valence-corrected chi connectivity index (χ1v) is 6.41. The lowest BCUT2D eigenvalue weighted by Crippen LogP contribution is -2.31. The zero-order chi connectivity index (χ0) is 12.1. The SMILES string of the molecule is CNC(CCc1cc(Cl)ccc1Cl)C(C)C. The molecule has 1 unspecified atom stereocenters. The van der Waals surface area contributed by atoms with E-state index in [0.29, 0.717) is 12.0 Å². The highest BCUT2D eigenvalue weighted by Crippen LogP contribution is 2.23. The molecule has 0 aliphatic heterocycles. The van der Waals surface area contributed by atoms with E-state index < -0.39 is 0 Å². The van der Waals surface area contributed by atoms with Crippen LogP contribution >= 0.6 is 23.2 Å². The largest absolute Gasteiger partial charge is 0.317 e. The summed E-state index contributed by atoms with van der Waals surface area (Å²) in [5.74, 6) is 0.628. The topological polar surface area (TPSA) is 12.0 Å². The summed E-state index contributed by atoms with van der Waals surface area (Å²) in [7, 11) is 2.00. The summed E-state index contributed by atoms with van der Waals surface area (Å²) in [5, 5.41) is 4.89. The Balaban J connectivity index is 2.63. The minimum atomic E-state index is 0.523. The highest BCUT2D eigenvalue weighted by Gasteiger charge is 2.11. The van der Waals surface area contributed by atoms with Crippen molar-refractivity contribution in [3.8, 4) is 0 Å². The minimum Gasteiger partial charge on any atom is -0.317 e. The fourth-order valence-electron chi connectivity index (χ4n) is 1.86. The Morgan fingerprint density at radius 3 is 2.50 bits per heavy atom. The van der Waals surface area contributed by atoms with Crippen LogP contribution in [0.4, 0.5) is 0 Å². The Morgan fingerprint density at radius 2 is 1.94 bits per heavy atom. The van der Waals surface area contributed by atoms with Crippen molar-refractivity contribution < 1.29 is 0 Å². The third kappa shape index (κ3) is 3.97. The van der Waals surface area contributed by atoms with Crippen LogP contribution in [0.3, 0.4) is 0 Å². The maximum atomic E-state index is 6.12. The molecule has 1 N–H and O–H groups in total. The summed E-state index contributed by atoms with van der Waals surface area (Å²) in [4.78, 5) is 0. The molecule has 16 heavy (non-hydrogen) atoms. The quantitative estimate of drug-likeness (QED) is 0.837. The van der Waals surface area contributed by atoms with Gasteiger partial charge in [0, 0.05) is 16.1 Å². The van der Waals surface area contributed by atoms with Crippen LogP contribution in [0.1, 0.15) is 25.8 Å². The van der Waals surface area contributed by atoms with Crippen LogP contribution in [0.25, 0.3) is 0 Å². The second-order valence-corrected chi connectivity index (χ2v) is 5.26. The number of halogens is 2. The highest BCUT2D eigenvalue weighted by atomic mass is 35.5. The normalized spacial score (nSPS) is 13.1. The lowest BCUT2D eigenvalue weighted by Gasteiger charge is -2.20. The Bertz CT molecular complexity index is 337. The predicted octanol–water partition coefficient (Wildman–Crippen LogP) is 4.17. The minimum absolute atomic E-state index is 0.523. The molecule has 0 spiro atoms. The molecule has 1 nitrogen and oxygen atoms in total. The average Bonchev–Trinajstić information content (AvgIpc) is 2.23. The Morgan fingerprint density at radius 1 is 1.25 bits per heavy atom. The molecule has 0 heterocycles. The fraction of sp³-hybridized carbons (Fsp3) is 0.538. The van der Waals surface area contributed by atoms with Gasteiger partial charge in [0.15, 0.2) is 0 Å². The third-order valence-electron chi connectivity index (χ3n) is 2.91. The van der Waals surface area contributed by atoms with Crippen molar-refractivity contribution in [2.75, 3.05) is 7.05 Å². The molecular formula is C13H19Cl2N. The zero-order valence-electron chi connectivity index (χ0n) is 10.1. The van der Waals surface area contributed by atoms with Crippen LogP contribution in [0.5, 0.6) is 0 Å². The van der Waals surface area contributed by atoms with Crippen molar-refractivity contribution in [3.05, 3.63) is 33.8 Å². The number of hydrogen-bond donors (Lipinski definition) is 1. The van der Waals surface area contributed by atoms with E-state index in [2.05, 4.69) is 19.2 Å². The number of hydrogen-bond acceptors (Lipinski definition) is 1. The maximum Gasteiger partial charge on any atom is 0.0439 e. The van der Waals surface area contributed by atoms with Crippen LogP contribution in [0.2, 0.25) is 10.0 Å². The standard InChI is InChI=1S/C13H19Cl2N/c1-9(2)13(16-3)7-4-10-8-11(14)5-6-12(10)15/h5-6,8-9,13,16H,4,7H2,1-3H3. The Hall–Kier alpha value is -0.240. The summed E-state index contributed by atoms with van der Waals surface area (Å²) >= 11 is 12.1. The van der Waals surface area contributed by atoms with E-state index in [1.807, 2.05) is 25.2 Å². The molecular weight excluding hydrogens is 241 g/mol. The molecule has 0 aromatic heterocycles. The van der Waals surface area contributed by atoms with Crippen LogP contribution in [0, 0.1) is 5.92 Å². The second-order valence-electron chi connectivity index (χ2n) is 4.41. The molecule has 0 aliphatic carbocycles. The molecule has 1 aromatic carbocycles. The maximum absolute atomic E-state index is 6.12. The molecule has 0 fully saturated rings. The van der Waals surface area contributed by atoms with E-state index in [0.717, 1.165) is 28.5 Å². The average molecular weight is 260 g/mol. The molecule has 1 aromatic rings. The molecule has 1 atom stereocenters. The van der Waals surface area contributed by atoms with E-state index in [1.165, 1.54) is 0 Å². The molecule has 3 heteroatoms. The predicted molar refractivity (Wildman–Crippen MR) is 72.5 cm³/mol. The summed E-state index contributed by atoms with van der Waals surface area (Å²) in [5.41, 5.74) is 1.13. The van der Waals surface area contributed by atoms with Gasteiger partial charge in [0.1, 0.15) is 0 Å². The molecule has 0 aliphatic rings. The van der Waals surface area contributed by atoms with Gasteiger partial charge in [0.2, 0.25) is 0 Å². The van der Waals surface area contributed by atoms with E-state index >= 15 is 0 Å². The summed E-state index contributed by atoms with van der Waals surface area (Å²) in [6.45, 7) is 4.45. The number of rotatable bonds is 5. The fourth-order valence-corrected chi connectivity index (χ4v) is 2.26. The van der Waals surface area contributed by atoms with Crippen molar-refractivity contribution >= 4 is 23.2 Å². The van der Waals surface area contributed by atoms with E-state index in [-0.39, 0.29) is 0 Å². The van der Waals surface area contributed by atoms with Crippen molar-refractivity contribution in [1.29, 1.82) is 0 Å². The van der Waals surface area contributed by atoms with Crippen LogP contribution in [-0.2, 0) is 6.42 Å². The van der Waals surface area contributed by atoms with Crippen molar-refractivity contribution in [3.63, 3.8) is 0 Å². The van der Waals surface area contributed by atoms with Gasteiger partial charge in [-0.1, -0.05) is 37.0 Å². The van der Waals surface area contributed by atoms with Crippen molar-refractivity contribution in [2.24, 2.45) is 5.92 Å². The van der Waals surface area contributed by atoms with Gasteiger partial charge in [-0.05, 0) is 49.6 Å². The van der Waals surface area contributed by atoms with Crippen LogP contribution in [0.15, 0.2) is 18.2 Å². The lowest BCUT2D eigenvalue weighted by molar-refractivity contribution is 0.403. The molecule has 1 rings (SSSR count). The summed E-state index contributed by atoms with van der Waals surface area (Å²) < 4.78 is 0. The van der Waals surface area contributed by atoms with Crippen molar-refractivity contribution in [2.45, 2.75) is 32.7 Å². The van der Waals surface area contributed by atoms with E-state index in [4.69, 9.17) is 23.2 Å². The number of benzene rings is 1. The Labute approximate surface area is 108 Å². The summed E-state index contributed by atoms with van der Waals surface area (Å²) in [6, 6.07) is 6.17. The van der Waals surface area contributed by atoms with Gasteiger partial charge in [-0.25, -0.2) is 0 Å². The van der Waals surface area contributed by atoms with Gasteiger partial charge in [0.05, 0.1) is 0 Å². The van der Waals surface area contributed by atoms with Gasteiger partial charge in [-0.15, -0.1) is 0 Å². The molecule has 0 amide bonds. The third-order valence-corrected chi connectivity index (χ3v) is 3.51. The van der Waals surface area contributed by atoms with Gasteiger partial charge in [-0.2, -0.15) is 0 Å². The van der Waals surface area contributed by atoms with Gasteiger partial charge < -0.3 is 5.32 Å². The van der Waals surface area contributed by atoms with Crippen LogP contribution in [-0.4, -0.2) is 13.1 Å². The van der Waals surface area contributed by atoms with Gasteiger partial charge in [0.25, 0.3) is 0 Å². The molecule has 0 saturated heterocycles. The molecule has 90 valence electrons. The van der Waals surface area contributed by atoms with E-state index in [1.54, 1.807) is 0 Å². The van der Waals surface area contributed by atoms with E-state index in [9.17, 15) is 0 Å². The Kier molecular flexibility index (Phi) is 5.60. The molecule has 0 radical (unpaired) electrons. The summed E-state index contributed by atoms with van der Waals surface area (Å²) in [6.07, 6.45) is 2.04. The zero-order valence-corrected chi connectivity index (χ0v) is 11.6. The first kappa shape index (κ1) is 13.8. The van der Waals surface area contributed by atoms with Crippen molar-refractivity contribution in [1.82, 2.24) is 5.32 Å². The highest BCUT2D eigenvalue weighted by molar-refractivity contribution is 6.33. The number of aryl methyl sites for hydroxylation is 1. The van der Waals surface area contributed by atoms with Gasteiger partial charge >= 0.3 is 0 Å². The lowest BCUT2D eigenvalue weighted by atomic mass is 9.97. The molecule has 0 bridgehead atoms. The monoisotopic (exact) mass is 259 g/mol. The smallest absolute Gasteiger partial charge is 0.0439 e. The van der Waals surface area contributed by atoms with Gasteiger partial charge in [-0.3, -0.25) is 0 Å². The second kappa shape index (κ2) is 6.48. The first-order chi connectivity index (χ1) is 7.54. The van der Waals surface area contributed by atoms with Crippen LogP contribution < -0.4 is 5.32 Å².